The summed E-state index contributed by atoms with van der Waals surface area (Å²) in [5, 5.41) is 0. The molecular formula is C16H19NO2. The number of hydrogen-bond acceptors (Lipinski definition) is 3. The third-order valence-corrected chi connectivity index (χ3v) is 2.77. The van der Waals surface area contributed by atoms with Crippen LogP contribution in [-0.4, -0.2) is 13.2 Å². The van der Waals surface area contributed by atoms with Gasteiger partial charge in [0.2, 0.25) is 0 Å². The van der Waals surface area contributed by atoms with Gasteiger partial charge in [-0.1, -0.05) is 30.3 Å². The lowest BCUT2D eigenvalue weighted by Gasteiger charge is -2.10. The topological polar surface area (TPSA) is 44.5 Å². The van der Waals surface area contributed by atoms with Crippen LogP contribution in [0, 0.1) is 0 Å². The van der Waals surface area contributed by atoms with Crippen molar-refractivity contribution in [1.29, 1.82) is 0 Å². The SMILES string of the molecule is CC(N)c1ccc(OCCOc2ccccc2)cc1. The third kappa shape index (κ3) is 4.30. The molecule has 1 atom stereocenters. The Morgan fingerprint density at radius 2 is 1.37 bits per heavy atom. The number of rotatable bonds is 6. The van der Waals surface area contributed by atoms with E-state index in [1.54, 1.807) is 0 Å². The molecule has 0 bridgehead atoms. The van der Waals surface area contributed by atoms with Gasteiger partial charge in [-0.05, 0) is 36.8 Å². The van der Waals surface area contributed by atoms with Crippen LogP contribution in [0.3, 0.4) is 0 Å². The van der Waals surface area contributed by atoms with Crippen LogP contribution in [0.1, 0.15) is 18.5 Å². The van der Waals surface area contributed by atoms with Gasteiger partial charge in [-0.25, -0.2) is 0 Å². The van der Waals surface area contributed by atoms with Gasteiger partial charge in [-0.2, -0.15) is 0 Å². The lowest BCUT2D eigenvalue weighted by Crippen LogP contribution is -2.09. The molecular weight excluding hydrogens is 238 g/mol. The Morgan fingerprint density at radius 1 is 0.842 bits per heavy atom. The molecule has 0 amide bonds. The normalized spacial score (nSPS) is 11.9. The predicted octanol–water partition coefficient (Wildman–Crippen LogP) is 3.16. The summed E-state index contributed by atoms with van der Waals surface area (Å²) in [7, 11) is 0. The maximum absolute atomic E-state index is 5.79. The highest BCUT2D eigenvalue weighted by atomic mass is 16.5. The number of hydrogen-bond donors (Lipinski definition) is 1. The van der Waals surface area contributed by atoms with Crippen LogP contribution in [0.5, 0.6) is 11.5 Å². The van der Waals surface area contributed by atoms with Gasteiger partial charge in [0.15, 0.2) is 0 Å². The Balaban J connectivity index is 1.74. The molecule has 2 N–H and O–H groups in total. The summed E-state index contributed by atoms with van der Waals surface area (Å²) in [4.78, 5) is 0. The van der Waals surface area contributed by atoms with Crippen molar-refractivity contribution >= 4 is 0 Å². The monoisotopic (exact) mass is 257 g/mol. The minimum absolute atomic E-state index is 0.0514. The van der Waals surface area contributed by atoms with Crippen molar-refractivity contribution in [2.24, 2.45) is 5.73 Å². The van der Waals surface area contributed by atoms with E-state index >= 15 is 0 Å². The van der Waals surface area contributed by atoms with Crippen LogP contribution >= 0.6 is 0 Å². The van der Waals surface area contributed by atoms with Gasteiger partial charge in [0.1, 0.15) is 24.7 Å². The van der Waals surface area contributed by atoms with Crippen molar-refractivity contribution in [3.8, 4) is 11.5 Å². The van der Waals surface area contributed by atoms with Gasteiger partial charge in [0.05, 0.1) is 0 Å². The largest absolute Gasteiger partial charge is 0.490 e. The lowest BCUT2D eigenvalue weighted by molar-refractivity contribution is 0.217. The standard InChI is InChI=1S/C16H19NO2/c1-13(17)14-7-9-16(10-8-14)19-12-11-18-15-5-3-2-4-6-15/h2-10,13H,11-12,17H2,1H3. The molecule has 0 heterocycles. The Bertz CT molecular complexity index is 480. The quantitative estimate of drug-likeness (QED) is 0.808. The number of para-hydroxylation sites is 1. The van der Waals surface area contributed by atoms with Crippen LogP contribution in [0.2, 0.25) is 0 Å². The van der Waals surface area contributed by atoms with Crippen LogP contribution in [-0.2, 0) is 0 Å². The zero-order chi connectivity index (χ0) is 13.5. The minimum Gasteiger partial charge on any atom is -0.490 e. The van der Waals surface area contributed by atoms with Crippen molar-refractivity contribution in [2.45, 2.75) is 13.0 Å². The molecule has 1 unspecified atom stereocenters. The molecule has 100 valence electrons. The Hall–Kier alpha value is -2.00. The second-order valence-electron chi connectivity index (χ2n) is 4.37. The average Bonchev–Trinajstić information content (AvgIpc) is 2.45. The van der Waals surface area contributed by atoms with E-state index in [1.165, 1.54) is 0 Å². The maximum Gasteiger partial charge on any atom is 0.122 e. The van der Waals surface area contributed by atoms with Gasteiger partial charge in [-0.15, -0.1) is 0 Å². The van der Waals surface area contributed by atoms with E-state index in [1.807, 2.05) is 61.5 Å². The molecule has 0 aliphatic rings. The van der Waals surface area contributed by atoms with Crippen LogP contribution in [0.4, 0.5) is 0 Å². The van der Waals surface area contributed by atoms with E-state index in [0.717, 1.165) is 17.1 Å². The van der Waals surface area contributed by atoms with Gasteiger partial charge in [-0.3, -0.25) is 0 Å². The zero-order valence-corrected chi connectivity index (χ0v) is 11.1. The molecule has 3 nitrogen and oxygen atoms in total. The summed E-state index contributed by atoms with van der Waals surface area (Å²) in [6.45, 7) is 3.01. The molecule has 3 heteroatoms. The Kier molecular flexibility index (Phi) is 4.81. The highest BCUT2D eigenvalue weighted by Crippen LogP contribution is 2.16. The highest BCUT2D eigenvalue weighted by molar-refractivity contribution is 5.28. The smallest absolute Gasteiger partial charge is 0.122 e. The summed E-state index contributed by atoms with van der Waals surface area (Å²) in [5.41, 5.74) is 6.89. The molecule has 0 spiro atoms. The molecule has 0 radical (unpaired) electrons. The first-order valence-electron chi connectivity index (χ1n) is 6.42. The molecule has 2 aromatic rings. The molecule has 0 aliphatic heterocycles. The summed E-state index contributed by atoms with van der Waals surface area (Å²) in [6, 6.07) is 17.6. The second-order valence-corrected chi connectivity index (χ2v) is 4.37. The first-order valence-corrected chi connectivity index (χ1v) is 6.42. The fourth-order valence-electron chi connectivity index (χ4n) is 1.70. The molecule has 2 rings (SSSR count). The van der Waals surface area contributed by atoms with Crippen molar-refractivity contribution in [1.82, 2.24) is 0 Å². The van der Waals surface area contributed by atoms with Crippen molar-refractivity contribution < 1.29 is 9.47 Å². The highest BCUT2D eigenvalue weighted by Gasteiger charge is 1.99. The van der Waals surface area contributed by atoms with Crippen molar-refractivity contribution in [3.63, 3.8) is 0 Å². The van der Waals surface area contributed by atoms with Crippen LogP contribution in [0.15, 0.2) is 54.6 Å². The molecule has 0 saturated heterocycles. The summed E-state index contributed by atoms with van der Waals surface area (Å²) >= 11 is 0. The average molecular weight is 257 g/mol. The summed E-state index contributed by atoms with van der Waals surface area (Å²) < 4.78 is 11.1. The van der Waals surface area contributed by atoms with Crippen LogP contribution in [0.25, 0.3) is 0 Å². The van der Waals surface area contributed by atoms with Gasteiger partial charge < -0.3 is 15.2 Å². The fourth-order valence-corrected chi connectivity index (χ4v) is 1.70. The molecule has 2 aromatic carbocycles. The molecule has 0 fully saturated rings. The van der Waals surface area contributed by atoms with E-state index in [9.17, 15) is 0 Å². The fraction of sp³-hybridized carbons (Fsp3) is 0.250. The predicted molar refractivity (Wildman–Crippen MR) is 76.5 cm³/mol. The number of benzene rings is 2. The van der Waals surface area contributed by atoms with E-state index in [2.05, 4.69) is 0 Å². The van der Waals surface area contributed by atoms with E-state index in [4.69, 9.17) is 15.2 Å². The molecule has 0 aliphatic carbocycles. The zero-order valence-electron chi connectivity index (χ0n) is 11.1. The summed E-state index contributed by atoms with van der Waals surface area (Å²) in [5.74, 6) is 1.69. The van der Waals surface area contributed by atoms with Crippen molar-refractivity contribution in [2.75, 3.05) is 13.2 Å². The van der Waals surface area contributed by atoms with Gasteiger partial charge >= 0.3 is 0 Å². The van der Waals surface area contributed by atoms with E-state index in [0.29, 0.717) is 13.2 Å². The Labute approximate surface area is 114 Å². The third-order valence-electron chi connectivity index (χ3n) is 2.77. The molecule has 19 heavy (non-hydrogen) atoms. The maximum atomic E-state index is 5.79. The van der Waals surface area contributed by atoms with Crippen molar-refractivity contribution in [3.05, 3.63) is 60.2 Å². The summed E-state index contributed by atoms with van der Waals surface area (Å²) in [6.07, 6.45) is 0. The van der Waals surface area contributed by atoms with Gasteiger partial charge in [0, 0.05) is 6.04 Å². The Morgan fingerprint density at radius 3 is 1.89 bits per heavy atom. The molecule has 0 saturated carbocycles. The first-order chi connectivity index (χ1) is 9.25. The number of ether oxygens (including phenoxy) is 2. The number of nitrogens with two attached hydrogens (primary N) is 1. The first kappa shape index (κ1) is 13.4. The molecule has 0 aromatic heterocycles. The van der Waals surface area contributed by atoms with Gasteiger partial charge in [0.25, 0.3) is 0 Å². The second kappa shape index (κ2) is 6.81. The van der Waals surface area contributed by atoms with Crippen LogP contribution < -0.4 is 15.2 Å². The minimum atomic E-state index is 0.0514. The van der Waals surface area contributed by atoms with E-state index in [-0.39, 0.29) is 6.04 Å². The van der Waals surface area contributed by atoms with E-state index < -0.39 is 0 Å². The lowest BCUT2D eigenvalue weighted by atomic mass is 10.1.